The third kappa shape index (κ3) is 5.27. The Bertz CT molecular complexity index is 380. The molecule has 4 heteroatoms. The first kappa shape index (κ1) is 14.6. The molecule has 0 bridgehead atoms. The topological polar surface area (TPSA) is 41.1 Å². The number of amides is 1. The molecule has 1 amide bonds. The second-order valence-electron chi connectivity index (χ2n) is 4.67. The van der Waals surface area contributed by atoms with Crippen LogP contribution in [0, 0.1) is 11.7 Å². The van der Waals surface area contributed by atoms with E-state index < -0.39 is 5.82 Å². The zero-order valence-electron chi connectivity index (χ0n) is 11.0. The quantitative estimate of drug-likeness (QED) is 0.730. The Morgan fingerprint density at radius 3 is 2.61 bits per heavy atom. The third-order valence-electron chi connectivity index (χ3n) is 2.60. The van der Waals surface area contributed by atoms with Crippen molar-refractivity contribution in [2.24, 2.45) is 5.92 Å². The van der Waals surface area contributed by atoms with Crippen molar-refractivity contribution >= 4 is 5.91 Å². The van der Waals surface area contributed by atoms with Gasteiger partial charge in [0.15, 0.2) is 0 Å². The predicted molar refractivity (Wildman–Crippen MR) is 71.1 cm³/mol. The minimum absolute atomic E-state index is 0.0969. The van der Waals surface area contributed by atoms with Gasteiger partial charge in [-0.2, -0.15) is 0 Å². The van der Waals surface area contributed by atoms with Crippen LogP contribution in [0.25, 0.3) is 0 Å². The lowest BCUT2D eigenvalue weighted by molar-refractivity contribution is 0.0950. The van der Waals surface area contributed by atoms with Gasteiger partial charge in [-0.3, -0.25) is 4.79 Å². The van der Waals surface area contributed by atoms with Gasteiger partial charge in [-0.05, 0) is 31.0 Å². The number of hydrogen-bond donors (Lipinski definition) is 2. The normalized spacial score (nSPS) is 10.7. The van der Waals surface area contributed by atoms with E-state index in [1.54, 1.807) is 12.1 Å². The van der Waals surface area contributed by atoms with E-state index in [0.717, 1.165) is 13.0 Å². The fraction of sp³-hybridized carbons (Fsp3) is 0.500. The molecule has 0 saturated heterocycles. The summed E-state index contributed by atoms with van der Waals surface area (Å²) < 4.78 is 13.3. The maximum atomic E-state index is 13.3. The van der Waals surface area contributed by atoms with E-state index >= 15 is 0 Å². The van der Waals surface area contributed by atoms with Crippen LogP contribution in [0.1, 0.15) is 30.6 Å². The summed E-state index contributed by atoms with van der Waals surface area (Å²) in [6.45, 7) is 6.48. The number of benzene rings is 1. The molecule has 0 aliphatic carbocycles. The molecule has 1 aromatic carbocycles. The van der Waals surface area contributed by atoms with Crippen LogP contribution in [-0.4, -0.2) is 25.5 Å². The first-order chi connectivity index (χ1) is 8.61. The zero-order valence-corrected chi connectivity index (χ0v) is 11.0. The van der Waals surface area contributed by atoms with Gasteiger partial charge in [-0.15, -0.1) is 0 Å². The summed E-state index contributed by atoms with van der Waals surface area (Å²) >= 11 is 0. The average molecular weight is 252 g/mol. The largest absolute Gasteiger partial charge is 0.351 e. The highest BCUT2D eigenvalue weighted by Crippen LogP contribution is 2.05. The van der Waals surface area contributed by atoms with Crippen LogP contribution in [0.4, 0.5) is 4.39 Å². The SMILES string of the molecule is CC(C)CCNCCNC(=O)c1ccccc1F. The smallest absolute Gasteiger partial charge is 0.254 e. The fourth-order valence-electron chi connectivity index (χ4n) is 1.52. The lowest BCUT2D eigenvalue weighted by Crippen LogP contribution is -2.32. The Labute approximate surface area is 108 Å². The predicted octanol–water partition coefficient (Wildman–Crippen LogP) is 2.19. The van der Waals surface area contributed by atoms with Crippen molar-refractivity contribution in [1.29, 1.82) is 0 Å². The Morgan fingerprint density at radius 2 is 1.94 bits per heavy atom. The highest BCUT2D eigenvalue weighted by atomic mass is 19.1. The standard InChI is InChI=1S/C14H21FN2O/c1-11(2)7-8-16-9-10-17-14(18)12-5-3-4-6-13(12)15/h3-6,11,16H,7-10H2,1-2H3,(H,17,18). The second-order valence-corrected chi connectivity index (χ2v) is 4.67. The Morgan fingerprint density at radius 1 is 1.22 bits per heavy atom. The van der Waals surface area contributed by atoms with Gasteiger partial charge in [-0.25, -0.2) is 4.39 Å². The van der Waals surface area contributed by atoms with Crippen molar-refractivity contribution in [1.82, 2.24) is 10.6 Å². The van der Waals surface area contributed by atoms with Crippen molar-refractivity contribution in [3.8, 4) is 0 Å². The van der Waals surface area contributed by atoms with E-state index in [2.05, 4.69) is 24.5 Å². The number of halogens is 1. The third-order valence-corrected chi connectivity index (χ3v) is 2.60. The van der Waals surface area contributed by atoms with E-state index in [-0.39, 0.29) is 11.5 Å². The molecule has 0 aliphatic rings. The number of carbonyl (C=O) groups is 1. The lowest BCUT2D eigenvalue weighted by atomic mass is 10.1. The highest BCUT2D eigenvalue weighted by molar-refractivity contribution is 5.94. The lowest BCUT2D eigenvalue weighted by Gasteiger charge is -2.08. The molecule has 0 saturated carbocycles. The summed E-state index contributed by atoms with van der Waals surface area (Å²) in [6, 6.07) is 5.99. The van der Waals surface area contributed by atoms with Gasteiger partial charge >= 0.3 is 0 Å². The fourth-order valence-corrected chi connectivity index (χ4v) is 1.52. The Kier molecular flexibility index (Phi) is 6.36. The summed E-state index contributed by atoms with van der Waals surface area (Å²) in [5.74, 6) is -0.174. The van der Waals surface area contributed by atoms with Crippen LogP contribution < -0.4 is 10.6 Å². The molecule has 100 valence electrons. The molecule has 18 heavy (non-hydrogen) atoms. The second kappa shape index (κ2) is 7.82. The Hall–Kier alpha value is -1.42. The van der Waals surface area contributed by atoms with Crippen molar-refractivity contribution in [2.45, 2.75) is 20.3 Å². The van der Waals surface area contributed by atoms with Gasteiger partial charge in [0.2, 0.25) is 0 Å². The Balaban J connectivity index is 2.20. The molecular weight excluding hydrogens is 231 g/mol. The first-order valence-electron chi connectivity index (χ1n) is 6.34. The summed E-state index contributed by atoms with van der Waals surface area (Å²) in [7, 11) is 0. The molecule has 0 atom stereocenters. The number of rotatable bonds is 7. The van der Waals surface area contributed by atoms with Crippen LogP contribution in [0.3, 0.4) is 0 Å². The molecule has 0 unspecified atom stereocenters. The van der Waals surface area contributed by atoms with E-state index in [1.807, 2.05) is 0 Å². The monoisotopic (exact) mass is 252 g/mol. The van der Waals surface area contributed by atoms with Crippen LogP contribution in [-0.2, 0) is 0 Å². The summed E-state index contributed by atoms with van der Waals surface area (Å²) in [5, 5.41) is 5.92. The van der Waals surface area contributed by atoms with E-state index in [9.17, 15) is 9.18 Å². The molecule has 0 aliphatic heterocycles. The maximum Gasteiger partial charge on any atom is 0.254 e. The molecule has 0 fully saturated rings. The molecule has 0 spiro atoms. The van der Waals surface area contributed by atoms with Gasteiger partial charge in [0.25, 0.3) is 5.91 Å². The number of hydrogen-bond acceptors (Lipinski definition) is 2. The highest BCUT2D eigenvalue weighted by Gasteiger charge is 2.09. The summed E-state index contributed by atoms with van der Waals surface area (Å²) in [6.07, 6.45) is 1.11. The maximum absolute atomic E-state index is 13.3. The molecule has 0 heterocycles. The zero-order chi connectivity index (χ0) is 13.4. The van der Waals surface area contributed by atoms with Crippen molar-refractivity contribution in [3.05, 3.63) is 35.6 Å². The number of nitrogens with one attached hydrogen (secondary N) is 2. The van der Waals surface area contributed by atoms with Gasteiger partial charge < -0.3 is 10.6 Å². The number of carbonyl (C=O) groups excluding carboxylic acids is 1. The van der Waals surface area contributed by atoms with Crippen molar-refractivity contribution < 1.29 is 9.18 Å². The average Bonchev–Trinajstić information content (AvgIpc) is 2.33. The van der Waals surface area contributed by atoms with Gasteiger partial charge in [-0.1, -0.05) is 26.0 Å². The van der Waals surface area contributed by atoms with Crippen molar-refractivity contribution in [2.75, 3.05) is 19.6 Å². The van der Waals surface area contributed by atoms with Crippen molar-refractivity contribution in [3.63, 3.8) is 0 Å². The first-order valence-corrected chi connectivity index (χ1v) is 6.34. The minimum atomic E-state index is -0.484. The van der Waals surface area contributed by atoms with E-state index in [0.29, 0.717) is 19.0 Å². The molecule has 0 aromatic heterocycles. The van der Waals surface area contributed by atoms with Gasteiger partial charge in [0.1, 0.15) is 5.82 Å². The minimum Gasteiger partial charge on any atom is -0.351 e. The van der Waals surface area contributed by atoms with Gasteiger partial charge in [0.05, 0.1) is 5.56 Å². The molecular formula is C14H21FN2O. The van der Waals surface area contributed by atoms with E-state index in [4.69, 9.17) is 0 Å². The van der Waals surface area contributed by atoms with Crippen LogP contribution in [0.15, 0.2) is 24.3 Å². The van der Waals surface area contributed by atoms with E-state index in [1.165, 1.54) is 12.1 Å². The van der Waals surface area contributed by atoms with Crippen LogP contribution >= 0.6 is 0 Å². The van der Waals surface area contributed by atoms with Gasteiger partial charge in [0, 0.05) is 13.1 Å². The molecule has 2 N–H and O–H groups in total. The van der Waals surface area contributed by atoms with Crippen LogP contribution in [0.2, 0.25) is 0 Å². The van der Waals surface area contributed by atoms with Crippen LogP contribution in [0.5, 0.6) is 0 Å². The molecule has 0 radical (unpaired) electrons. The molecule has 1 aromatic rings. The molecule has 3 nitrogen and oxygen atoms in total. The molecule has 1 rings (SSSR count). The summed E-state index contributed by atoms with van der Waals surface area (Å²) in [4.78, 5) is 11.6. The summed E-state index contributed by atoms with van der Waals surface area (Å²) in [5.41, 5.74) is 0.0969.